The van der Waals surface area contributed by atoms with Crippen molar-refractivity contribution in [3.8, 4) is 6.07 Å². The average molecular weight is 199 g/mol. The van der Waals surface area contributed by atoms with E-state index in [0.29, 0.717) is 5.56 Å². The second-order valence-corrected chi connectivity index (χ2v) is 3.24. The number of hydrogen-bond donors (Lipinski definition) is 0. The van der Waals surface area contributed by atoms with E-state index in [1.54, 1.807) is 6.26 Å². The maximum Gasteiger partial charge on any atom is 0.140 e. The van der Waals surface area contributed by atoms with E-state index in [9.17, 15) is 8.78 Å². The van der Waals surface area contributed by atoms with Gasteiger partial charge in [-0.25, -0.2) is 8.78 Å². The molecule has 0 N–H and O–H groups in total. The summed E-state index contributed by atoms with van der Waals surface area (Å²) in [6.45, 7) is 0. The Kier molecular flexibility index (Phi) is 3.26. The van der Waals surface area contributed by atoms with Gasteiger partial charge in [-0.15, -0.1) is 11.8 Å². The first-order valence-corrected chi connectivity index (χ1v) is 4.80. The highest BCUT2D eigenvalue weighted by Crippen LogP contribution is 2.24. The highest BCUT2D eigenvalue weighted by molar-refractivity contribution is 7.98. The predicted molar refractivity (Wildman–Crippen MR) is 47.5 cm³/mol. The Morgan fingerprint density at radius 2 is 1.92 bits per heavy atom. The molecule has 0 heterocycles. The zero-order valence-electron chi connectivity index (χ0n) is 6.97. The molecule has 0 aliphatic heterocycles. The first-order chi connectivity index (χ1) is 6.19. The van der Waals surface area contributed by atoms with Gasteiger partial charge in [0.05, 0.1) is 17.4 Å². The van der Waals surface area contributed by atoms with Gasteiger partial charge in [-0.1, -0.05) is 0 Å². The molecule has 1 aromatic rings. The molecule has 13 heavy (non-hydrogen) atoms. The van der Waals surface area contributed by atoms with Gasteiger partial charge in [0.2, 0.25) is 0 Å². The summed E-state index contributed by atoms with van der Waals surface area (Å²) in [6.07, 6.45) is 1.63. The number of thioether (sulfide) groups is 1. The Morgan fingerprint density at radius 3 is 2.31 bits per heavy atom. The molecule has 1 nitrogen and oxygen atoms in total. The maximum absolute atomic E-state index is 13.1. The molecule has 1 rings (SSSR count). The van der Waals surface area contributed by atoms with Crippen LogP contribution in [0, 0.1) is 23.0 Å². The summed E-state index contributed by atoms with van der Waals surface area (Å²) >= 11 is 1.02. The zero-order chi connectivity index (χ0) is 9.84. The number of rotatable bonds is 2. The van der Waals surface area contributed by atoms with E-state index < -0.39 is 11.6 Å². The van der Waals surface area contributed by atoms with Crippen molar-refractivity contribution in [3.63, 3.8) is 0 Å². The monoisotopic (exact) mass is 199 g/mol. The van der Waals surface area contributed by atoms with Gasteiger partial charge >= 0.3 is 0 Å². The predicted octanol–water partition coefficient (Wildman–Crippen LogP) is 2.75. The zero-order valence-corrected chi connectivity index (χ0v) is 7.79. The van der Waals surface area contributed by atoms with Crippen molar-refractivity contribution in [3.05, 3.63) is 29.3 Å². The maximum atomic E-state index is 13.1. The third-order valence-electron chi connectivity index (χ3n) is 1.55. The minimum atomic E-state index is -0.599. The first-order valence-electron chi connectivity index (χ1n) is 3.58. The fraction of sp³-hybridized carbons (Fsp3) is 0.222. The molecule has 0 radical (unpaired) electrons. The van der Waals surface area contributed by atoms with Crippen LogP contribution in [0.4, 0.5) is 8.78 Å². The number of hydrogen-bond acceptors (Lipinski definition) is 2. The van der Waals surface area contributed by atoms with Crippen molar-refractivity contribution in [2.24, 2.45) is 0 Å². The summed E-state index contributed by atoms with van der Waals surface area (Å²) in [5.74, 6) is -1.20. The summed E-state index contributed by atoms with van der Waals surface area (Å²) < 4.78 is 26.1. The van der Waals surface area contributed by atoms with Crippen LogP contribution in [0.3, 0.4) is 0 Å². The number of benzene rings is 1. The van der Waals surface area contributed by atoms with Gasteiger partial charge in [0.15, 0.2) is 0 Å². The average Bonchev–Trinajstić information content (AvgIpc) is 2.04. The van der Waals surface area contributed by atoms with Gasteiger partial charge in [-0.3, -0.25) is 0 Å². The first kappa shape index (κ1) is 10.0. The molecule has 68 valence electrons. The van der Waals surface area contributed by atoms with Gasteiger partial charge in [0, 0.05) is 0 Å². The van der Waals surface area contributed by atoms with Crippen LogP contribution in [0.2, 0.25) is 0 Å². The van der Waals surface area contributed by atoms with Gasteiger partial charge in [-0.05, 0) is 24.0 Å². The van der Waals surface area contributed by atoms with E-state index in [2.05, 4.69) is 0 Å². The largest absolute Gasteiger partial charge is 0.206 e. The highest BCUT2D eigenvalue weighted by Gasteiger charge is 2.09. The molecule has 0 aliphatic carbocycles. The molecule has 0 aromatic heterocycles. The number of halogens is 2. The molecule has 0 saturated heterocycles. The molecular formula is C9H7F2NS. The molecule has 0 saturated carbocycles. The van der Waals surface area contributed by atoms with Gasteiger partial charge in [0.1, 0.15) is 11.6 Å². The Bertz CT molecular complexity index is 334. The van der Waals surface area contributed by atoms with Crippen molar-refractivity contribution < 1.29 is 8.78 Å². The molecule has 1 aromatic carbocycles. The highest BCUT2D eigenvalue weighted by atomic mass is 32.2. The number of nitrogens with zero attached hydrogens (tertiary/aromatic N) is 1. The van der Waals surface area contributed by atoms with Crippen LogP contribution in [-0.2, 0) is 6.42 Å². The van der Waals surface area contributed by atoms with Crippen LogP contribution in [-0.4, -0.2) is 6.26 Å². The molecule has 0 spiro atoms. The third-order valence-corrected chi connectivity index (χ3v) is 2.34. The van der Waals surface area contributed by atoms with Crippen LogP contribution in [0.5, 0.6) is 0 Å². The van der Waals surface area contributed by atoms with Crippen molar-refractivity contribution in [1.82, 2.24) is 0 Å². The summed E-state index contributed by atoms with van der Waals surface area (Å²) in [4.78, 5) is 0.00156. The molecule has 0 aliphatic rings. The summed E-state index contributed by atoms with van der Waals surface area (Å²) in [5.41, 5.74) is 0.371. The molecule has 0 unspecified atom stereocenters. The third kappa shape index (κ3) is 2.19. The van der Waals surface area contributed by atoms with Crippen molar-refractivity contribution in [2.75, 3.05) is 6.26 Å². The van der Waals surface area contributed by atoms with Gasteiger partial charge in [0.25, 0.3) is 0 Å². The summed E-state index contributed by atoms with van der Waals surface area (Å²) in [5, 5.41) is 8.33. The standard InChI is InChI=1S/C9H7F2NS/c1-13-9-7(10)4-6(2-3-12)5-8(9)11/h4-5H,2H2,1H3. The lowest BCUT2D eigenvalue weighted by atomic mass is 10.1. The summed E-state index contributed by atoms with van der Waals surface area (Å²) in [7, 11) is 0. The number of nitriles is 1. The molecule has 0 amide bonds. The van der Waals surface area contributed by atoms with Crippen molar-refractivity contribution in [1.29, 1.82) is 5.26 Å². The lowest BCUT2D eigenvalue weighted by molar-refractivity contribution is 0.538. The van der Waals surface area contributed by atoms with E-state index in [1.807, 2.05) is 6.07 Å². The molecule has 4 heteroatoms. The Labute approximate surface area is 79.4 Å². The Morgan fingerprint density at radius 1 is 1.38 bits per heavy atom. The van der Waals surface area contributed by atoms with E-state index in [1.165, 1.54) is 12.1 Å². The lowest BCUT2D eigenvalue weighted by Crippen LogP contribution is -1.91. The van der Waals surface area contributed by atoms with Crippen LogP contribution in [0.15, 0.2) is 17.0 Å². The van der Waals surface area contributed by atoms with E-state index in [4.69, 9.17) is 5.26 Å². The Balaban J connectivity index is 3.14. The van der Waals surface area contributed by atoms with E-state index in [-0.39, 0.29) is 11.3 Å². The van der Waals surface area contributed by atoms with Crippen LogP contribution in [0.25, 0.3) is 0 Å². The minimum absolute atomic E-state index is 0.00156. The minimum Gasteiger partial charge on any atom is -0.206 e. The van der Waals surface area contributed by atoms with Crippen LogP contribution >= 0.6 is 11.8 Å². The second kappa shape index (κ2) is 4.24. The fourth-order valence-corrected chi connectivity index (χ4v) is 1.51. The van der Waals surface area contributed by atoms with E-state index in [0.717, 1.165) is 11.8 Å². The molecular weight excluding hydrogens is 192 g/mol. The van der Waals surface area contributed by atoms with Crippen molar-refractivity contribution >= 4 is 11.8 Å². The normalized spacial score (nSPS) is 9.69. The molecule has 0 atom stereocenters. The van der Waals surface area contributed by atoms with Gasteiger partial charge in [-0.2, -0.15) is 5.26 Å². The topological polar surface area (TPSA) is 23.8 Å². The summed E-state index contributed by atoms with van der Waals surface area (Å²) in [6, 6.07) is 4.22. The van der Waals surface area contributed by atoms with Crippen molar-refractivity contribution in [2.45, 2.75) is 11.3 Å². The van der Waals surface area contributed by atoms with Crippen LogP contribution in [0.1, 0.15) is 5.56 Å². The smallest absolute Gasteiger partial charge is 0.140 e. The SMILES string of the molecule is CSc1c(F)cc(CC#N)cc1F. The van der Waals surface area contributed by atoms with E-state index >= 15 is 0 Å². The lowest BCUT2D eigenvalue weighted by Gasteiger charge is -2.02. The van der Waals surface area contributed by atoms with Crippen LogP contribution < -0.4 is 0 Å². The fourth-order valence-electron chi connectivity index (χ4n) is 1.00. The second-order valence-electron chi connectivity index (χ2n) is 2.43. The Hall–Kier alpha value is -1.08. The molecule has 0 fully saturated rings. The van der Waals surface area contributed by atoms with Gasteiger partial charge < -0.3 is 0 Å². The molecule has 0 bridgehead atoms. The quantitative estimate of drug-likeness (QED) is 0.684.